The summed E-state index contributed by atoms with van der Waals surface area (Å²) in [6, 6.07) is 7.36. The highest BCUT2D eigenvalue weighted by Gasteiger charge is 2.38. The van der Waals surface area contributed by atoms with Crippen LogP contribution in [-0.2, 0) is 15.1 Å². The Morgan fingerprint density at radius 2 is 1.76 bits per heavy atom. The van der Waals surface area contributed by atoms with Crippen LogP contribution >= 0.6 is 11.6 Å². The molecule has 17 heavy (non-hydrogen) atoms. The molecule has 0 N–H and O–H groups in total. The molecule has 4 heteroatoms. The number of carbonyl (C=O) groups is 2. The predicted octanol–water partition coefficient (Wildman–Crippen LogP) is 2.38. The van der Waals surface area contributed by atoms with E-state index in [1.165, 1.54) is 0 Å². The minimum atomic E-state index is -0.478. The number of likely N-dealkylation sites (tertiary alicyclic amines) is 1. The maximum atomic E-state index is 11.8. The molecule has 3 nitrogen and oxygen atoms in total. The lowest BCUT2D eigenvalue weighted by Gasteiger charge is -2.35. The van der Waals surface area contributed by atoms with E-state index in [2.05, 4.69) is 0 Å². The monoisotopic (exact) mass is 251 g/mol. The molecular formula is C13H14ClNO2. The zero-order valence-corrected chi connectivity index (χ0v) is 10.6. The minimum Gasteiger partial charge on any atom is -0.326 e. The molecule has 0 radical (unpaired) electrons. The summed E-state index contributed by atoms with van der Waals surface area (Å²) >= 11 is 5.84. The number of nitrogens with zero attached hydrogens (tertiary/aromatic N) is 1. The average molecular weight is 252 g/mol. The van der Waals surface area contributed by atoms with Crippen LogP contribution in [0.4, 0.5) is 0 Å². The van der Waals surface area contributed by atoms with Crippen LogP contribution in [0, 0.1) is 0 Å². The van der Waals surface area contributed by atoms with E-state index in [9.17, 15) is 9.59 Å². The van der Waals surface area contributed by atoms with Crippen molar-refractivity contribution in [3.8, 4) is 0 Å². The van der Waals surface area contributed by atoms with Gasteiger partial charge in [-0.25, -0.2) is 0 Å². The zero-order chi connectivity index (χ0) is 12.6. The molecule has 2 rings (SSSR count). The summed E-state index contributed by atoms with van der Waals surface area (Å²) in [5, 5.41) is 0.661. The number of halogens is 1. The second-order valence-electron chi connectivity index (χ2n) is 4.76. The summed E-state index contributed by atoms with van der Waals surface area (Å²) in [7, 11) is 0. The quantitative estimate of drug-likeness (QED) is 0.757. The van der Waals surface area contributed by atoms with Gasteiger partial charge in [0.2, 0.25) is 5.91 Å². The Morgan fingerprint density at radius 1 is 1.18 bits per heavy atom. The Morgan fingerprint density at radius 3 is 2.24 bits per heavy atom. The maximum Gasteiger partial charge on any atom is 0.231 e. The molecule has 0 aliphatic carbocycles. The van der Waals surface area contributed by atoms with E-state index < -0.39 is 5.54 Å². The number of carbonyl (C=O) groups excluding carboxylic acids is 2. The van der Waals surface area contributed by atoms with Crippen LogP contribution < -0.4 is 0 Å². The second kappa shape index (κ2) is 4.15. The van der Waals surface area contributed by atoms with Crippen molar-refractivity contribution in [3.05, 3.63) is 34.9 Å². The van der Waals surface area contributed by atoms with Crippen molar-refractivity contribution in [1.29, 1.82) is 0 Å². The fraction of sp³-hybridized carbons (Fsp3) is 0.385. The van der Waals surface area contributed by atoms with E-state index >= 15 is 0 Å². The molecule has 1 aliphatic rings. The number of benzene rings is 1. The summed E-state index contributed by atoms with van der Waals surface area (Å²) in [6.07, 6.45) is 0.0248. The fourth-order valence-corrected chi connectivity index (χ4v) is 2.23. The van der Waals surface area contributed by atoms with Crippen LogP contribution in [0.5, 0.6) is 0 Å². The molecular weight excluding hydrogens is 238 g/mol. The molecule has 0 spiro atoms. The number of hydrogen-bond donors (Lipinski definition) is 0. The van der Waals surface area contributed by atoms with Gasteiger partial charge in [-0.3, -0.25) is 9.59 Å². The van der Waals surface area contributed by atoms with E-state index in [1.54, 1.807) is 17.0 Å². The van der Waals surface area contributed by atoms with Gasteiger partial charge in [0, 0.05) is 5.02 Å². The standard InChI is InChI=1S/C13H14ClNO2/c1-13(2,9-3-5-10(14)6-4-9)15-8-11(16)7-12(15)17/h3-6H,7-8H2,1-2H3. The first-order chi connectivity index (χ1) is 7.91. The van der Waals surface area contributed by atoms with Crippen molar-refractivity contribution < 1.29 is 9.59 Å². The zero-order valence-electron chi connectivity index (χ0n) is 9.87. The lowest BCUT2D eigenvalue weighted by molar-refractivity contribution is -0.132. The van der Waals surface area contributed by atoms with Crippen LogP contribution in [0.1, 0.15) is 25.8 Å². The molecule has 0 saturated carbocycles. The second-order valence-corrected chi connectivity index (χ2v) is 5.20. The summed E-state index contributed by atoms with van der Waals surface area (Å²) < 4.78 is 0. The summed E-state index contributed by atoms with van der Waals surface area (Å²) in [5.41, 5.74) is 0.498. The first-order valence-corrected chi connectivity index (χ1v) is 5.87. The first-order valence-electron chi connectivity index (χ1n) is 5.49. The third kappa shape index (κ3) is 2.20. The highest BCUT2D eigenvalue weighted by molar-refractivity contribution is 6.30. The van der Waals surface area contributed by atoms with Crippen molar-refractivity contribution in [2.24, 2.45) is 0 Å². The molecule has 1 fully saturated rings. The van der Waals surface area contributed by atoms with E-state index in [0.717, 1.165) is 5.56 Å². The SMILES string of the molecule is CC(C)(c1ccc(Cl)cc1)N1CC(=O)CC1=O. The van der Waals surface area contributed by atoms with E-state index in [0.29, 0.717) is 5.02 Å². The normalized spacial score (nSPS) is 16.8. The van der Waals surface area contributed by atoms with E-state index in [-0.39, 0.29) is 24.7 Å². The van der Waals surface area contributed by atoms with E-state index in [4.69, 9.17) is 11.6 Å². The van der Waals surface area contributed by atoms with Gasteiger partial charge < -0.3 is 4.90 Å². The van der Waals surface area contributed by atoms with Crippen molar-refractivity contribution in [2.45, 2.75) is 25.8 Å². The van der Waals surface area contributed by atoms with Gasteiger partial charge in [0.25, 0.3) is 0 Å². The summed E-state index contributed by atoms with van der Waals surface area (Å²) in [4.78, 5) is 24.7. The number of ketones is 1. The van der Waals surface area contributed by atoms with Gasteiger partial charge in [-0.05, 0) is 31.5 Å². The highest BCUT2D eigenvalue weighted by atomic mass is 35.5. The molecule has 0 bridgehead atoms. The van der Waals surface area contributed by atoms with Gasteiger partial charge in [-0.15, -0.1) is 0 Å². The Kier molecular flexibility index (Phi) is 2.96. The summed E-state index contributed by atoms with van der Waals surface area (Å²) in [5.74, 6) is -0.119. The van der Waals surface area contributed by atoms with Crippen molar-refractivity contribution in [1.82, 2.24) is 4.90 Å². The molecule has 1 aliphatic heterocycles. The largest absolute Gasteiger partial charge is 0.326 e. The minimum absolute atomic E-state index is 0.0166. The van der Waals surface area contributed by atoms with Crippen LogP contribution in [0.15, 0.2) is 24.3 Å². The maximum absolute atomic E-state index is 11.8. The molecule has 1 aromatic carbocycles. The van der Waals surface area contributed by atoms with E-state index in [1.807, 2.05) is 26.0 Å². The molecule has 1 heterocycles. The van der Waals surface area contributed by atoms with Gasteiger partial charge in [-0.2, -0.15) is 0 Å². The van der Waals surface area contributed by atoms with Crippen LogP contribution in [-0.4, -0.2) is 23.1 Å². The average Bonchev–Trinajstić information content (AvgIpc) is 2.59. The number of rotatable bonds is 2. The topological polar surface area (TPSA) is 37.4 Å². The first kappa shape index (κ1) is 12.1. The number of amides is 1. The molecule has 1 saturated heterocycles. The Hall–Kier alpha value is -1.35. The van der Waals surface area contributed by atoms with Crippen LogP contribution in [0.25, 0.3) is 0 Å². The third-order valence-electron chi connectivity index (χ3n) is 3.21. The van der Waals surface area contributed by atoms with Crippen molar-refractivity contribution in [3.63, 3.8) is 0 Å². The molecule has 1 amide bonds. The Labute approximate surface area is 105 Å². The van der Waals surface area contributed by atoms with Gasteiger partial charge in [0.05, 0.1) is 18.5 Å². The third-order valence-corrected chi connectivity index (χ3v) is 3.46. The molecule has 90 valence electrons. The fourth-order valence-electron chi connectivity index (χ4n) is 2.11. The smallest absolute Gasteiger partial charge is 0.231 e. The number of Topliss-reactive ketones (excluding diaryl/α,β-unsaturated/α-hetero) is 1. The van der Waals surface area contributed by atoms with Gasteiger partial charge in [-0.1, -0.05) is 23.7 Å². The Bertz CT molecular complexity index is 465. The van der Waals surface area contributed by atoms with Gasteiger partial charge in [0.15, 0.2) is 5.78 Å². The molecule has 0 unspecified atom stereocenters. The lowest BCUT2D eigenvalue weighted by Crippen LogP contribution is -2.42. The Balaban J connectivity index is 2.32. The van der Waals surface area contributed by atoms with Crippen molar-refractivity contribution >= 4 is 23.3 Å². The molecule has 0 atom stereocenters. The lowest BCUT2D eigenvalue weighted by atomic mass is 9.92. The predicted molar refractivity (Wildman–Crippen MR) is 65.8 cm³/mol. The number of hydrogen-bond acceptors (Lipinski definition) is 2. The van der Waals surface area contributed by atoms with Crippen LogP contribution in [0.2, 0.25) is 5.02 Å². The van der Waals surface area contributed by atoms with Crippen LogP contribution in [0.3, 0.4) is 0 Å². The summed E-state index contributed by atoms with van der Waals surface area (Å²) in [6.45, 7) is 4.08. The molecule has 1 aromatic rings. The van der Waals surface area contributed by atoms with Gasteiger partial charge >= 0.3 is 0 Å². The van der Waals surface area contributed by atoms with Gasteiger partial charge in [0.1, 0.15) is 0 Å². The molecule has 0 aromatic heterocycles. The van der Waals surface area contributed by atoms with Crippen molar-refractivity contribution in [2.75, 3.05) is 6.54 Å². The highest BCUT2D eigenvalue weighted by Crippen LogP contribution is 2.31.